The van der Waals surface area contributed by atoms with E-state index in [0.717, 1.165) is 18.9 Å². The molecule has 1 atom stereocenters. The Kier molecular flexibility index (Phi) is 3.99. The van der Waals surface area contributed by atoms with Crippen molar-refractivity contribution in [2.45, 2.75) is 18.9 Å². The average Bonchev–Trinajstić information content (AvgIpc) is 3.08. The van der Waals surface area contributed by atoms with Gasteiger partial charge in [-0.05, 0) is 40.8 Å². The number of anilines is 1. The van der Waals surface area contributed by atoms with E-state index in [1.165, 1.54) is 6.07 Å². The summed E-state index contributed by atoms with van der Waals surface area (Å²) in [6.07, 6.45) is 2.26. The number of hydrogen-bond acceptors (Lipinski definition) is 2. The SMILES string of the molecule is COCC(Nc1cc(Br)c(F)cc1F)C1CC1. The van der Waals surface area contributed by atoms with E-state index in [1.54, 1.807) is 7.11 Å². The van der Waals surface area contributed by atoms with Crippen LogP contribution in [-0.2, 0) is 4.74 Å². The number of rotatable bonds is 5. The second-order valence-corrected chi connectivity index (χ2v) is 5.14. The van der Waals surface area contributed by atoms with E-state index in [-0.39, 0.29) is 10.5 Å². The van der Waals surface area contributed by atoms with Gasteiger partial charge < -0.3 is 10.1 Å². The highest BCUT2D eigenvalue weighted by Gasteiger charge is 2.31. The van der Waals surface area contributed by atoms with Crippen LogP contribution in [0.1, 0.15) is 12.8 Å². The molecule has 0 heterocycles. The first-order chi connectivity index (χ1) is 8.11. The predicted molar refractivity (Wildman–Crippen MR) is 66.1 cm³/mol. The summed E-state index contributed by atoms with van der Waals surface area (Å²) in [7, 11) is 1.62. The summed E-state index contributed by atoms with van der Waals surface area (Å²) in [6.45, 7) is 0.527. The van der Waals surface area contributed by atoms with Crippen LogP contribution in [0.4, 0.5) is 14.5 Å². The second-order valence-electron chi connectivity index (χ2n) is 4.29. The van der Waals surface area contributed by atoms with Gasteiger partial charge in [-0.15, -0.1) is 0 Å². The fourth-order valence-corrected chi connectivity index (χ4v) is 2.15. The molecule has 1 aliphatic rings. The predicted octanol–water partition coefficient (Wildman–Crippen LogP) is 3.56. The summed E-state index contributed by atoms with van der Waals surface area (Å²) in [5, 5.41) is 3.08. The lowest BCUT2D eigenvalue weighted by Gasteiger charge is -2.19. The largest absolute Gasteiger partial charge is 0.383 e. The Bertz CT molecular complexity index is 410. The maximum atomic E-state index is 13.6. The summed E-state index contributed by atoms with van der Waals surface area (Å²) < 4.78 is 32.0. The number of benzene rings is 1. The van der Waals surface area contributed by atoms with Crippen molar-refractivity contribution in [1.82, 2.24) is 0 Å². The van der Waals surface area contributed by atoms with Gasteiger partial charge in [0.2, 0.25) is 0 Å². The minimum atomic E-state index is -0.595. The monoisotopic (exact) mass is 305 g/mol. The molecule has 1 saturated carbocycles. The van der Waals surface area contributed by atoms with Gasteiger partial charge in [-0.1, -0.05) is 0 Å². The molecule has 0 saturated heterocycles. The highest BCUT2D eigenvalue weighted by atomic mass is 79.9. The molecule has 0 spiro atoms. The summed E-state index contributed by atoms with van der Waals surface area (Å²) in [5.41, 5.74) is 0.312. The highest BCUT2D eigenvalue weighted by molar-refractivity contribution is 9.10. The fraction of sp³-hybridized carbons (Fsp3) is 0.500. The fourth-order valence-electron chi connectivity index (χ4n) is 1.81. The van der Waals surface area contributed by atoms with Crippen LogP contribution < -0.4 is 5.32 Å². The zero-order valence-corrected chi connectivity index (χ0v) is 11.1. The van der Waals surface area contributed by atoms with Crippen LogP contribution in [0, 0.1) is 17.6 Å². The molecule has 1 aromatic rings. The molecule has 2 rings (SSSR count). The van der Waals surface area contributed by atoms with Gasteiger partial charge in [-0.25, -0.2) is 8.78 Å². The summed E-state index contributed by atoms with van der Waals surface area (Å²) >= 11 is 3.05. The molecule has 1 aromatic carbocycles. The lowest BCUT2D eigenvalue weighted by atomic mass is 10.2. The third-order valence-electron chi connectivity index (χ3n) is 2.89. The smallest absolute Gasteiger partial charge is 0.149 e. The van der Waals surface area contributed by atoms with Gasteiger partial charge in [-0.2, -0.15) is 0 Å². The molecule has 0 aliphatic heterocycles. The molecular weight excluding hydrogens is 292 g/mol. The molecule has 0 radical (unpaired) electrons. The topological polar surface area (TPSA) is 21.3 Å². The summed E-state index contributed by atoms with van der Waals surface area (Å²) in [5.74, 6) is -0.645. The third kappa shape index (κ3) is 3.16. The lowest BCUT2D eigenvalue weighted by molar-refractivity contribution is 0.179. The van der Waals surface area contributed by atoms with Gasteiger partial charge in [0.05, 0.1) is 22.8 Å². The van der Waals surface area contributed by atoms with E-state index >= 15 is 0 Å². The van der Waals surface area contributed by atoms with Gasteiger partial charge in [0, 0.05) is 13.2 Å². The number of ether oxygens (including phenoxy) is 1. The standard InChI is InChI=1S/C12H14BrF2NO/c1-17-6-12(7-2-3-7)16-11-4-8(13)9(14)5-10(11)15/h4-5,7,12,16H,2-3,6H2,1H3. The molecule has 2 nitrogen and oxygen atoms in total. The van der Waals surface area contributed by atoms with Crippen LogP contribution in [0.15, 0.2) is 16.6 Å². The van der Waals surface area contributed by atoms with Gasteiger partial charge in [-0.3, -0.25) is 0 Å². The van der Waals surface area contributed by atoms with Crippen LogP contribution in [-0.4, -0.2) is 19.8 Å². The second kappa shape index (κ2) is 5.31. The zero-order valence-electron chi connectivity index (χ0n) is 9.47. The molecule has 0 amide bonds. The van der Waals surface area contributed by atoms with E-state index in [9.17, 15) is 8.78 Å². The van der Waals surface area contributed by atoms with Crippen LogP contribution in [0.25, 0.3) is 0 Å². The van der Waals surface area contributed by atoms with Gasteiger partial charge in [0.15, 0.2) is 0 Å². The maximum Gasteiger partial charge on any atom is 0.149 e. The average molecular weight is 306 g/mol. The Balaban J connectivity index is 2.13. The van der Waals surface area contributed by atoms with Crippen molar-refractivity contribution in [3.63, 3.8) is 0 Å². The molecule has 0 aromatic heterocycles. The molecule has 5 heteroatoms. The lowest BCUT2D eigenvalue weighted by Crippen LogP contribution is -2.27. The van der Waals surface area contributed by atoms with Crippen molar-refractivity contribution >= 4 is 21.6 Å². The van der Waals surface area contributed by atoms with E-state index in [2.05, 4.69) is 21.2 Å². The van der Waals surface area contributed by atoms with Crippen molar-refractivity contribution < 1.29 is 13.5 Å². The van der Waals surface area contributed by atoms with Crippen molar-refractivity contribution in [2.24, 2.45) is 5.92 Å². The van der Waals surface area contributed by atoms with Crippen LogP contribution >= 0.6 is 15.9 Å². The molecule has 94 valence electrons. The number of nitrogens with one attached hydrogen (secondary N) is 1. The molecule has 17 heavy (non-hydrogen) atoms. The molecule has 1 aliphatic carbocycles. The Hall–Kier alpha value is -0.680. The number of halogens is 3. The Morgan fingerprint density at radius 3 is 2.71 bits per heavy atom. The van der Waals surface area contributed by atoms with E-state index < -0.39 is 11.6 Å². The summed E-state index contributed by atoms with van der Waals surface area (Å²) in [4.78, 5) is 0. The Morgan fingerprint density at radius 1 is 1.41 bits per heavy atom. The highest BCUT2D eigenvalue weighted by Crippen LogP contribution is 2.35. The van der Waals surface area contributed by atoms with Gasteiger partial charge in [0.1, 0.15) is 11.6 Å². The molecular formula is C12H14BrF2NO. The van der Waals surface area contributed by atoms with Crippen molar-refractivity contribution in [1.29, 1.82) is 0 Å². The van der Waals surface area contributed by atoms with E-state index in [4.69, 9.17) is 4.74 Å². The van der Waals surface area contributed by atoms with Gasteiger partial charge in [0.25, 0.3) is 0 Å². The minimum absolute atomic E-state index is 0.0897. The first-order valence-electron chi connectivity index (χ1n) is 5.52. The molecule has 0 bridgehead atoms. The Morgan fingerprint density at radius 2 is 2.12 bits per heavy atom. The number of hydrogen-bond donors (Lipinski definition) is 1. The van der Waals surface area contributed by atoms with Crippen LogP contribution in [0.5, 0.6) is 0 Å². The van der Waals surface area contributed by atoms with Crippen molar-refractivity contribution in [3.8, 4) is 0 Å². The Labute approximate surface area is 107 Å². The normalized spacial score (nSPS) is 16.9. The summed E-state index contributed by atoms with van der Waals surface area (Å²) in [6, 6.07) is 2.39. The number of methoxy groups -OCH3 is 1. The molecule has 1 fully saturated rings. The van der Waals surface area contributed by atoms with Gasteiger partial charge >= 0.3 is 0 Å². The van der Waals surface area contributed by atoms with Crippen LogP contribution in [0.2, 0.25) is 0 Å². The molecule has 1 unspecified atom stereocenters. The first-order valence-corrected chi connectivity index (χ1v) is 6.31. The van der Waals surface area contributed by atoms with E-state index in [1.807, 2.05) is 0 Å². The zero-order chi connectivity index (χ0) is 12.4. The third-order valence-corrected chi connectivity index (χ3v) is 3.50. The van der Waals surface area contributed by atoms with E-state index in [0.29, 0.717) is 18.2 Å². The molecule has 1 N–H and O–H groups in total. The van der Waals surface area contributed by atoms with Crippen molar-refractivity contribution in [2.75, 3.05) is 19.0 Å². The minimum Gasteiger partial charge on any atom is -0.383 e. The quantitative estimate of drug-likeness (QED) is 0.840. The van der Waals surface area contributed by atoms with Crippen molar-refractivity contribution in [3.05, 3.63) is 28.2 Å². The van der Waals surface area contributed by atoms with Crippen LogP contribution in [0.3, 0.4) is 0 Å². The first kappa shape index (κ1) is 12.8. The maximum absolute atomic E-state index is 13.6.